The maximum absolute atomic E-state index is 12.2. The van der Waals surface area contributed by atoms with Crippen molar-refractivity contribution in [3.8, 4) is 0 Å². The highest BCUT2D eigenvalue weighted by Gasteiger charge is 2.13. The number of Topliss-reactive ketones (excluding diaryl/α,β-unsaturated/α-hetero) is 1. The Balaban J connectivity index is 2.17. The Kier molecular flexibility index (Phi) is 4.65. The summed E-state index contributed by atoms with van der Waals surface area (Å²) in [7, 11) is 1.29. The van der Waals surface area contributed by atoms with E-state index in [1.807, 2.05) is 6.92 Å². The highest BCUT2D eigenvalue weighted by molar-refractivity contribution is 6.30. The van der Waals surface area contributed by atoms with Gasteiger partial charge >= 0.3 is 5.97 Å². The Bertz CT molecular complexity index is 684. The molecule has 2 aromatic rings. The molecule has 0 fully saturated rings. The molecule has 2 aromatic heterocycles. The van der Waals surface area contributed by atoms with Crippen LogP contribution in [0.4, 0.5) is 0 Å². The highest BCUT2D eigenvalue weighted by Crippen LogP contribution is 2.17. The summed E-state index contributed by atoms with van der Waals surface area (Å²) in [5, 5.41) is 0.384. The van der Waals surface area contributed by atoms with Gasteiger partial charge in [-0.3, -0.25) is 9.78 Å². The lowest BCUT2D eigenvalue weighted by atomic mass is 10.0. The van der Waals surface area contributed by atoms with Crippen LogP contribution in [0.2, 0.25) is 5.15 Å². The summed E-state index contributed by atoms with van der Waals surface area (Å²) in [5.74, 6) is -0.643. The zero-order chi connectivity index (χ0) is 15.4. The molecular formula is C15H13ClN2O3. The molecule has 0 aliphatic heterocycles. The van der Waals surface area contributed by atoms with Crippen molar-refractivity contribution in [2.75, 3.05) is 7.11 Å². The molecule has 108 valence electrons. The average Bonchev–Trinajstić information content (AvgIpc) is 2.51. The molecule has 0 amide bonds. The van der Waals surface area contributed by atoms with Crippen LogP contribution in [0.5, 0.6) is 0 Å². The molecule has 0 radical (unpaired) electrons. The first kappa shape index (κ1) is 15.1. The molecule has 0 bridgehead atoms. The van der Waals surface area contributed by atoms with E-state index in [0.29, 0.717) is 10.7 Å². The van der Waals surface area contributed by atoms with E-state index in [9.17, 15) is 9.59 Å². The fourth-order valence-electron chi connectivity index (χ4n) is 1.80. The first-order valence-electron chi connectivity index (χ1n) is 6.20. The number of hydrogen-bond donors (Lipinski definition) is 0. The number of ketones is 1. The number of ether oxygens (including phenoxy) is 1. The van der Waals surface area contributed by atoms with Gasteiger partial charge in [-0.1, -0.05) is 11.6 Å². The maximum Gasteiger partial charge on any atom is 0.339 e. The lowest BCUT2D eigenvalue weighted by Gasteiger charge is -2.06. The van der Waals surface area contributed by atoms with Gasteiger partial charge in [0.15, 0.2) is 5.78 Å². The summed E-state index contributed by atoms with van der Waals surface area (Å²) in [5.41, 5.74) is 2.17. The number of halogens is 1. The number of esters is 1. The van der Waals surface area contributed by atoms with Gasteiger partial charge in [-0.25, -0.2) is 9.78 Å². The summed E-state index contributed by atoms with van der Waals surface area (Å²) in [6, 6.07) is 4.77. The maximum atomic E-state index is 12.2. The van der Waals surface area contributed by atoms with Gasteiger partial charge in [0.05, 0.1) is 12.7 Å². The third kappa shape index (κ3) is 3.44. The van der Waals surface area contributed by atoms with E-state index in [4.69, 9.17) is 11.6 Å². The Morgan fingerprint density at radius 1 is 1.24 bits per heavy atom. The second kappa shape index (κ2) is 6.45. The number of pyridine rings is 2. The second-order valence-corrected chi connectivity index (χ2v) is 4.77. The Hall–Kier alpha value is -2.27. The number of methoxy groups -OCH3 is 1. The van der Waals surface area contributed by atoms with Gasteiger partial charge in [-0.05, 0) is 36.2 Å². The van der Waals surface area contributed by atoms with E-state index in [1.54, 1.807) is 12.3 Å². The molecule has 0 saturated carbocycles. The third-order valence-corrected chi connectivity index (χ3v) is 3.46. The fraction of sp³-hybridized carbons (Fsp3) is 0.200. The van der Waals surface area contributed by atoms with Crippen molar-refractivity contribution >= 4 is 23.4 Å². The average molecular weight is 305 g/mol. The van der Waals surface area contributed by atoms with Crippen LogP contribution < -0.4 is 0 Å². The summed E-state index contributed by atoms with van der Waals surface area (Å²) >= 11 is 5.93. The molecule has 6 heteroatoms. The fourth-order valence-corrected chi connectivity index (χ4v) is 1.98. The van der Waals surface area contributed by atoms with Gasteiger partial charge in [0.25, 0.3) is 0 Å². The lowest BCUT2D eigenvalue weighted by molar-refractivity contribution is 0.0600. The minimum absolute atomic E-state index is 0.156. The number of nitrogens with zero attached hydrogens (tertiary/aromatic N) is 2. The quantitative estimate of drug-likeness (QED) is 0.493. The second-order valence-electron chi connectivity index (χ2n) is 4.41. The number of rotatable bonds is 4. The molecule has 5 nitrogen and oxygen atoms in total. The summed E-state index contributed by atoms with van der Waals surface area (Å²) in [6.07, 6.45) is 3.07. The summed E-state index contributed by atoms with van der Waals surface area (Å²) in [4.78, 5) is 31.4. The van der Waals surface area contributed by atoms with Crippen molar-refractivity contribution in [2.45, 2.75) is 13.3 Å². The molecule has 21 heavy (non-hydrogen) atoms. The van der Waals surface area contributed by atoms with Crippen LogP contribution in [0, 0.1) is 6.92 Å². The van der Waals surface area contributed by atoms with Crippen LogP contribution in [0.3, 0.4) is 0 Å². The van der Waals surface area contributed by atoms with E-state index in [2.05, 4.69) is 14.7 Å². The van der Waals surface area contributed by atoms with Crippen molar-refractivity contribution in [3.05, 3.63) is 58.1 Å². The lowest BCUT2D eigenvalue weighted by Crippen LogP contribution is -2.09. The van der Waals surface area contributed by atoms with Crippen molar-refractivity contribution in [1.29, 1.82) is 0 Å². The van der Waals surface area contributed by atoms with E-state index >= 15 is 0 Å². The SMILES string of the molecule is COC(=O)c1ccc(C(=O)Cc2ccnc(Cl)c2C)nc1. The Morgan fingerprint density at radius 2 is 2.00 bits per heavy atom. The van der Waals surface area contributed by atoms with Crippen molar-refractivity contribution in [2.24, 2.45) is 0 Å². The topological polar surface area (TPSA) is 69.2 Å². The van der Waals surface area contributed by atoms with Gasteiger partial charge in [-0.2, -0.15) is 0 Å². The zero-order valence-electron chi connectivity index (χ0n) is 11.6. The number of carbonyl (C=O) groups is 2. The van der Waals surface area contributed by atoms with Crippen LogP contribution in [-0.2, 0) is 11.2 Å². The first-order chi connectivity index (χ1) is 10.0. The van der Waals surface area contributed by atoms with Crippen LogP contribution >= 0.6 is 11.6 Å². The summed E-state index contributed by atoms with van der Waals surface area (Å²) < 4.78 is 4.58. The molecular weight excluding hydrogens is 292 g/mol. The van der Waals surface area contributed by atoms with Gasteiger partial charge in [0.2, 0.25) is 0 Å². The molecule has 0 N–H and O–H groups in total. The standard InChI is InChI=1S/C15H13ClN2O3/c1-9-10(5-6-17-14(9)16)7-13(19)12-4-3-11(8-18-12)15(20)21-2/h3-6,8H,7H2,1-2H3. The molecule has 2 rings (SSSR count). The monoisotopic (exact) mass is 304 g/mol. The van der Waals surface area contributed by atoms with Crippen molar-refractivity contribution in [1.82, 2.24) is 9.97 Å². The molecule has 0 aliphatic rings. The molecule has 2 heterocycles. The Morgan fingerprint density at radius 3 is 2.62 bits per heavy atom. The predicted molar refractivity (Wildman–Crippen MR) is 77.6 cm³/mol. The largest absolute Gasteiger partial charge is 0.465 e. The van der Waals surface area contributed by atoms with Gasteiger partial charge in [0.1, 0.15) is 10.8 Å². The number of hydrogen-bond acceptors (Lipinski definition) is 5. The van der Waals surface area contributed by atoms with E-state index in [0.717, 1.165) is 11.1 Å². The van der Waals surface area contributed by atoms with Gasteiger partial charge in [-0.15, -0.1) is 0 Å². The summed E-state index contributed by atoms with van der Waals surface area (Å²) in [6.45, 7) is 1.81. The molecule has 0 aliphatic carbocycles. The van der Waals surface area contributed by atoms with Gasteiger partial charge < -0.3 is 4.74 Å². The molecule has 0 atom stereocenters. The minimum atomic E-state index is -0.488. The molecule has 0 aromatic carbocycles. The number of carbonyl (C=O) groups excluding carboxylic acids is 2. The molecule has 0 saturated heterocycles. The minimum Gasteiger partial charge on any atom is -0.465 e. The predicted octanol–water partition coefficient (Wildman–Crippen LogP) is 2.65. The van der Waals surface area contributed by atoms with E-state index in [-0.39, 0.29) is 17.9 Å². The molecule has 0 unspecified atom stereocenters. The van der Waals surface area contributed by atoms with Crippen LogP contribution in [0.1, 0.15) is 32.0 Å². The van der Waals surface area contributed by atoms with Gasteiger partial charge in [0, 0.05) is 18.8 Å². The van der Waals surface area contributed by atoms with E-state index < -0.39 is 5.97 Å². The normalized spacial score (nSPS) is 10.2. The van der Waals surface area contributed by atoms with Crippen LogP contribution in [0.15, 0.2) is 30.6 Å². The zero-order valence-corrected chi connectivity index (χ0v) is 12.3. The van der Waals surface area contributed by atoms with E-state index in [1.165, 1.54) is 25.4 Å². The van der Waals surface area contributed by atoms with Crippen LogP contribution in [-0.4, -0.2) is 28.8 Å². The highest BCUT2D eigenvalue weighted by atomic mass is 35.5. The van der Waals surface area contributed by atoms with Crippen molar-refractivity contribution < 1.29 is 14.3 Å². The smallest absolute Gasteiger partial charge is 0.339 e. The molecule has 0 spiro atoms. The number of aromatic nitrogens is 2. The van der Waals surface area contributed by atoms with Crippen LogP contribution in [0.25, 0.3) is 0 Å². The first-order valence-corrected chi connectivity index (χ1v) is 6.58. The Labute approximate surface area is 126 Å². The third-order valence-electron chi connectivity index (χ3n) is 3.08. The van der Waals surface area contributed by atoms with Crippen molar-refractivity contribution in [3.63, 3.8) is 0 Å².